The van der Waals surface area contributed by atoms with Gasteiger partial charge in [0, 0.05) is 5.56 Å². The number of nitrogens with two attached hydrogens (primary N) is 3. The number of hydrogen-bond acceptors (Lipinski definition) is 4. The molecule has 1 aromatic carbocycles. The van der Waals surface area contributed by atoms with Gasteiger partial charge in [-0.05, 0) is 18.4 Å². The molecule has 1 unspecified atom stereocenters. The molecule has 0 aliphatic rings. The topological polar surface area (TPSA) is 87.3 Å². The fourth-order valence-electron chi connectivity index (χ4n) is 1.52. The Morgan fingerprint density at radius 1 is 1.29 bits per heavy atom. The average Bonchev–Trinajstić information content (AvgIpc) is 2.29. The van der Waals surface area contributed by atoms with Gasteiger partial charge in [-0.2, -0.15) is 0 Å². The van der Waals surface area contributed by atoms with Crippen LogP contribution in [0, 0.1) is 0 Å². The van der Waals surface area contributed by atoms with Crippen LogP contribution >= 0.6 is 23.0 Å². The van der Waals surface area contributed by atoms with Crippen LogP contribution in [-0.4, -0.2) is 0 Å². The van der Waals surface area contributed by atoms with Gasteiger partial charge in [-0.25, -0.2) is 0 Å². The van der Waals surface area contributed by atoms with Crippen LogP contribution in [0.15, 0.2) is 36.9 Å². The Balaban J connectivity index is 2.81. The van der Waals surface area contributed by atoms with E-state index in [9.17, 15) is 0 Å². The second kappa shape index (κ2) is 6.46. The van der Waals surface area contributed by atoms with Gasteiger partial charge in [-0.3, -0.25) is 17.2 Å². The SMILES string of the molecule is C=CCCC(OI)c1ccc(C(N)(N)N)cc1. The Morgan fingerprint density at radius 2 is 1.88 bits per heavy atom. The molecule has 0 aliphatic heterocycles. The monoisotopic (exact) mass is 347 g/mol. The van der Waals surface area contributed by atoms with Gasteiger partial charge in [-0.15, -0.1) is 6.58 Å². The van der Waals surface area contributed by atoms with E-state index in [0.29, 0.717) is 5.56 Å². The van der Waals surface area contributed by atoms with E-state index in [1.165, 1.54) is 0 Å². The molecule has 0 radical (unpaired) electrons. The molecule has 0 aromatic heterocycles. The molecule has 94 valence electrons. The van der Waals surface area contributed by atoms with Crippen LogP contribution < -0.4 is 17.2 Å². The van der Waals surface area contributed by atoms with Crippen LogP contribution in [0.3, 0.4) is 0 Å². The Morgan fingerprint density at radius 3 is 2.29 bits per heavy atom. The maximum atomic E-state index is 5.61. The summed E-state index contributed by atoms with van der Waals surface area (Å²) in [4.78, 5) is 0. The van der Waals surface area contributed by atoms with Crippen molar-refractivity contribution in [3.8, 4) is 0 Å². The van der Waals surface area contributed by atoms with E-state index in [2.05, 4.69) is 6.58 Å². The van der Waals surface area contributed by atoms with Crippen LogP contribution in [-0.2, 0) is 8.85 Å². The third-order valence-electron chi connectivity index (χ3n) is 2.52. The van der Waals surface area contributed by atoms with Gasteiger partial charge < -0.3 is 3.07 Å². The molecule has 4 nitrogen and oxygen atoms in total. The van der Waals surface area contributed by atoms with Crippen LogP contribution in [0.1, 0.15) is 30.1 Å². The lowest BCUT2D eigenvalue weighted by Crippen LogP contribution is -2.54. The van der Waals surface area contributed by atoms with Crippen molar-refractivity contribution in [1.82, 2.24) is 0 Å². The van der Waals surface area contributed by atoms with Crippen molar-refractivity contribution < 1.29 is 3.07 Å². The number of hydrogen-bond donors (Lipinski definition) is 3. The van der Waals surface area contributed by atoms with E-state index in [1.807, 2.05) is 53.3 Å². The molecule has 0 spiro atoms. The maximum Gasteiger partial charge on any atom is 0.142 e. The van der Waals surface area contributed by atoms with Crippen molar-refractivity contribution in [3.05, 3.63) is 48.0 Å². The summed E-state index contributed by atoms with van der Waals surface area (Å²) >= 11 is 1.91. The van der Waals surface area contributed by atoms with Crippen molar-refractivity contribution in [2.45, 2.75) is 24.7 Å². The van der Waals surface area contributed by atoms with Gasteiger partial charge in [0.15, 0.2) is 0 Å². The minimum absolute atomic E-state index is 0.0466. The van der Waals surface area contributed by atoms with Crippen molar-refractivity contribution in [1.29, 1.82) is 0 Å². The normalized spacial score (nSPS) is 13.4. The van der Waals surface area contributed by atoms with E-state index in [-0.39, 0.29) is 6.10 Å². The molecule has 1 rings (SSSR count). The summed E-state index contributed by atoms with van der Waals surface area (Å²) in [6, 6.07) is 7.52. The summed E-state index contributed by atoms with van der Waals surface area (Å²) in [5, 5.41) is 0. The summed E-state index contributed by atoms with van der Waals surface area (Å²) in [6.07, 6.45) is 3.72. The van der Waals surface area contributed by atoms with Gasteiger partial charge in [0.05, 0.1) is 6.10 Å². The Hall–Kier alpha value is -0.470. The number of halogens is 1. The largest absolute Gasteiger partial charge is 0.308 e. The van der Waals surface area contributed by atoms with Crippen molar-refractivity contribution >= 4 is 23.0 Å². The fraction of sp³-hybridized carbons (Fsp3) is 0.333. The van der Waals surface area contributed by atoms with E-state index in [0.717, 1.165) is 18.4 Å². The van der Waals surface area contributed by atoms with Gasteiger partial charge in [0.2, 0.25) is 0 Å². The summed E-state index contributed by atoms with van der Waals surface area (Å²) < 4.78 is 5.39. The molecule has 6 N–H and O–H groups in total. The van der Waals surface area contributed by atoms with Crippen LogP contribution in [0.25, 0.3) is 0 Å². The summed E-state index contributed by atoms with van der Waals surface area (Å²) in [5.41, 5.74) is 18.6. The average molecular weight is 347 g/mol. The minimum atomic E-state index is -1.29. The van der Waals surface area contributed by atoms with Gasteiger partial charge in [-0.1, -0.05) is 30.3 Å². The number of allylic oxidation sites excluding steroid dienone is 1. The first-order valence-corrected chi connectivity index (χ1v) is 6.22. The summed E-state index contributed by atoms with van der Waals surface area (Å²) in [5.74, 6) is -1.29. The molecule has 0 bridgehead atoms. The maximum absolute atomic E-state index is 5.61. The number of benzene rings is 1. The Labute approximate surface area is 116 Å². The lowest BCUT2D eigenvalue weighted by atomic mass is 10.0. The molecular weight excluding hydrogens is 329 g/mol. The predicted octanol–water partition coefficient (Wildman–Crippen LogP) is 2.05. The zero-order valence-electron chi connectivity index (χ0n) is 9.60. The lowest BCUT2D eigenvalue weighted by Gasteiger charge is -2.20. The molecule has 0 saturated carbocycles. The zero-order valence-corrected chi connectivity index (χ0v) is 11.8. The van der Waals surface area contributed by atoms with Crippen LogP contribution in [0.4, 0.5) is 0 Å². The molecule has 0 aliphatic carbocycles. The minimum Gasteiger partial charge on any atom is -0.308 e. The highest BCUT2D eigenvalue weighted by Gasteiger charge is 2.16. The predicted molar refractivity (Wildman–Crippen MR) is 78.0 cm³/mol. The highest BCUT2D eigenvalue weighted by molar-refractivity contribution is 14.1. The van der Waals surface area contributed by atoms with Crippen LogP contribution in [0.2, 0.25) is 0 Å². The highest BCUT2D eigenvalue weighted by atomic mass is 127. The van der Waals surface area contributed by atoms with E-state index in [1.54, 1.807) is 0 Å². The Kier molecular flexibility index (Phi) is 5.54. The fourth-order valence-corrected chi connectivity index (χ4v) is 2.07. The van der Waals surface area contributed by atoms with Crippen molar-refractivity contribution in [2.24, 2.45) is 17.2 Å². The number of rotatable bonds is 6. The van der Waals surface area contributed by atoms with Crippen LogP contribution in [0.5, 0.6) is 0 Å². The molecular formula is C12H18IN3O. The molecule has 1 atom stereocenters. The summed E-state index contributed by atoms with van der Waals surface area (Å²) in [7, 11) is 0. The quantitative estimate of drug-likeness (QED) is 0.418. The highest BCUT2D eigenvalue weighted by Crippen LogP contribution is 2.26. The van der Waals surface area contributed by atoms with E-state index >= 15 is 0 Å². The van der Waals surface area contributed by atoms with Crippen molar-refractivity contribution in [2.75, 3.05) is 0 Å². The second-order valence-electron chi connectivity index (χ2n) is 4.00. The first-order valence-electron chi connectivity index (χ1n) is 5.34. The van der Waals surface area contributed by atoms with Gasteiger partial charge in [0.25, 0.3) is 0 Å². The second-order valence-corrected chi connectivity index (χ2v) is 4.51. The molecule has 0 fully saturated rings. The third-order valence-corrected chi connectivity index (χ3v) is 3.14. The molecule has 1 aromatic rings. The van der Waals surface area contributed by atoms with Gasteiger partial charge in [0.1, 0.15) is 28.8 Å². The smallest absolute Gasteiger partial charge is 0.142 e. The molecule has 5 heteroatoms. The molecule has 17 heavy (non-hydrogen) atoms. The van der Waals surface area contributed by atoms with E-state index in [4.69, 9.17) is 20.3 Å². The van der Waals surface area contributed by atoms with Crippen molar-refractivity contribution in [3.63, 3.8) is 0 Å². The third kappa shape index (κ3) is 4.36. The van der Waals surface area contributed by atoms with Gasteiger partial charge >= 0.3 is 0 Å². The standard InChI is InChI=1S/C12H18IN3O/c1-2-3-4-11(17-13)9-5-7-10(8-6-9)12(14,15)16/h2,5-8,11H,1,3-4,14-16H2. The summed E-state index contributed by atoms with van der Waals surface area (Å²) in [6.45, 7) is 3.70. The lowest BCUT2D eigenvalue weighted by molar-refractivity contribution is 0.276. The van der Waals surface area contributed by atoms with E-state index < -0.39 is 5.79 Å². The first kappa shape index (κ1) is 14.6. The Bertz CT molecular complexity index is 359. The molecule has 0 heterocycles. The molecule has 0 amide bonds. The first-order chi connectivity index (χ1) is 7.99. The molecule has 0 saturated heterocycles. The zero-order chi connectivity index (χ0) is 12.9.